The van der Waals surface area contributed by atoms with Gasteiger partial charge in [-0.25, -0.2) is 0 Å². The molecule has 2 heteroatoms. The minimum Gasteiger partial charge on any atom is -0.310 e. The molecule has 12 rings (SSSR count). The summed E-state index contributed by atoms with van der Waals surface area (Å²) in [4.78, 5) is 2.53. The summed E-state index contributed by atoms with van der Waals surface area (Å²) in [6.45, 7) is 0. The molecule has 232 valence electrons. The van der Waals surface area contributed by atoms with Crippen LogP contribution in [0.3, 0.4) is 0 Å². The van der Waals surface area contributed by atoms with Crippen LogP contribution in [0.15, 0.2) is 140 Å². The molecule has 7 aromatic rings. The van der Waals surface area contributed by atoms with Gasteiger partial charge in [-0.3, -0.25) is 0 Å². The maximum absolute atomic E-state index is 2.56. The molecule has 5 aliphatic carbocycles. The lowest BCUT2D eigenvalue weighted by molar-refractivity contribution is -0.0399. The molecule has 0 saturated heterocycles. The van der Waals surface area contributed by atoms with E-state index in [0.717, 1.165) is 23.7 Å². The highest BCUT2D eigenvalue weighted by molar-refractivity contribution is 7.26. The number of hydrogen-bond acceptors (Lipinski definition) is 2. The highest BCUT2D eigenvalue weighted by Crippen LogP contribution is 2.69. The first-order valence-electron chi connectivity index (χ1n) is 17.9. The summed E-state index contributed by atoms with van der Waals surface area (Å²) in [5, 5.41) is 2.67. The van der Waals surface area contributed by atoms with Crippen molar-refractivity contribution in [3.8, 4) is 22.3 Å². The second-order valence-corrected chi connectivity index (χ2v) is 16.0. The fraction of sp³-hybridized carbons (Fsp3) is 0.217. The van der Waals surface area contributed by atoms with E-state index in [9.17, 15) is 0 Å². The Balaban J connectivity index is 1.13. The molecule has 0 N–H and O–H groups in total. The molecule has 1 nitrogen and oxygen atoms in total. The van der Waals surface area contributed by atoms with Crippen LogP contribution in [-0.4, -0.2) is 0 Å². The lowest BCUT2D eigenvalue weighted by Gasteiger charge is -2.61. The Kier molecular flexibility index (Phi) is 5.79. The van der Waals surface area contributed by atoms with E-state index in [4.69, 9.17) is 0 Å². The second kappa shape index (κ2) is 10.2. The molecule has 5 aliphatic rings. The van der Waals surface area contributed by atoms with Crippen molar-refractivity contribution in [1.29, 1.82) is 0 Å². The number of fused-ring (bicyclic) bond motifs is 6. The molecule has 0 unspecified atom stereocenters. The largest absolute Gasteiger partial charge is 0.310 e. The van der Waals surface area contributed by atoms with Crippen LogP contribution < -0.4 is 4.90 Å². The molecule has 48 heavy (non-hydrogen) atoms. The minimum absolute atomic E-state index is 0.184. The summed E-state index contributed by atoms with van der Waals surface area (Å²) in [6, 6.07) is 52.7. The third kappa shape index (κ3) is 3.73. The summed E-state index contributed by atoms with van der Waals surface area (Å²) < 4.78 is 2.67. The van der Waals surface area contributed by atoms with Gasteiger partial charge in [0.05, 0.1) is 5.69 Å². The normalized spacial score (nSPS) is 24.8. The first-order chi connectivity index (χ1) is 23.8. The van der Waals surface area contributed by atoms with Gasteiger partial charge in [0.25, 0.3) is 0 Å². The molecule has 4 saturated carbocycles. The van der Waals surface area contributed by atoms with E-state index in [0.29, 0.717) is 0 Å². The van der Waals surface area contributed by atoms with E-state index < -0.39 is 0 Å². The van der Waals surface area contributed by atoms with E-state index in [1.165, 1.54) is 91.6 Å². The van der Waals surface area contributed by atoms with Crippen molar-refractivity contribution < 1.29 is 0 Å². The Morgan fingerprint density at radius 1 is 0.500 bits per heavy atom. The Morgan fingerprint density at radius 2 is 1.15 bits per heavy atom. The van der Waals surface area contributed by atoms with Gasteiger partial charge in [-0.1, -0.05) is 97.1 Å². The molecule has 4 fully saturated rings. The van der Waals surface area contributed by atoms with E-state index in [2.05, 4.69) is 144 Å². The standard InChI is InChI=1S/C46H37NS/c1-2-9-31(10-3-1)32-17-19-35(20-18-32)47(42-14-8-16-44-45(42)38-12-5-7-15-43(38)48-44)36-21-22-41-39(28-36)37-11-4-6-13-40(37)46(41)33-24-29-23-30(26-33)27-34(46)25-29/h1-22,28-30,33-34H,23-27H2. The van der Waals surface area contributed by atoms with Gasteiger partial charge < -0.3 is 4.90 Å². The van der Waals surface area contributed by atoms with E-state index in [1.807, 2.05) is 11.3 Å². The van der Waals surface area contributed by atoms with E-state index in [-0.39, 0.29) is 5.41 Å². The van der Waals surface area contributed by atoms with Crippen molar-refractivity contribution in [3.63, 3.8) is 0 Å². The second-order valence-electron chi connectivity index (χ2n) is 14.9. The summed E-state index contributed by atoms with van der Waals surface area (Å²) >= 11 is 1.90. The highest BCUT2D eigenvalue weighted by Gasteiger charge is 2.61. The van der Waals surface area contributed by atoms with Crippen molar-refractivity contribution in [1.82, 2.24) is 0 Å². The quantitative estimate of drug-likeness (QED) is 0.186. The Labute approximate surface area is 286 Å². The molecule has 1 spiro atoms. The van der Waals surface area contributed by atoms with E-state index in [1.54, 1.807) is 11.1 Å². The molecule has 0 atom stereocenters. The van der Waals surface area contributed by atoms with Gasteiger partial charge in [0, 0.05) is 37.0 Å². The maximum Gasteiger partial charge on any atom is 0.0554 e. The third-order valence-electron chi connectivity index (χ3n) is 12.6. The lowest BCUT2D eigenvalue weighted by atomic mass is 9.43. The van der Waals surface area contributed by atoms with Crippen LogP contribution in [0, 0.1) is 23.7 Å². The molecule has 0 amide bonds. The molecule has 4 bridgehead atoms. The van der Waals surface area contributed by atoms with Crippen LogP contribution in [0.5, 0.6) is 0 Å². The fourth-order valence-corrected chi connectivity index (χ4v) is 12.2. The molecular weight excluding hydrogens is 599 g/mol. The van der Waals surface area contributed by atoms with E-state index >= 15 is 0 Å². The summed E-state index contributed by atoms with van der Waals surface area (Å²) in [5.41, 5.74) is 12.5. The van der Waals surface area contributed by atoms with Crippen molar-refractivity contribution in [2.75, 3.05) is 4.90 Å². The van der Waals surface area contributed by atoms with Crippen molar-refractivity contribution >= 4 is 48.6 Å². The molecule has 1 heterocycles. The predicted octanol–water partition coefficient (Wildman–Crippen LogP) is 12.9. The SMILES string of the molecule is c1ccc(-c2ccc(N(c3ccc4c(c3)-c3ccccc3C43C4CC5CC(C4)CC3C5)c3cccc4sc5ccccc5c34)cc2)cc1. The highest BCUT2D eigenvalue weighted by atomic mass is 32.1. The average molecular weight is 636 g/mol. The van der Waals surface area contributed by atoms with Gasteiger partial charge in [-0.05, 0) is 132 Å². The molecule has 6 aromatic carbocycles. The number of benzene rings is 6. The zero-order chi connectivity index (χ0) is 31.4. The van der Waals surface area contributed by atoms with Crippen LogP contribution in [0.25, 0.3) is 42.4 Å². The van der Waals surface area contributed by atoms with Gasteiger partial charge in [0.2, 0.25) is 0 Å². The van der Waals surface area contributed by atoms with Crippen LogP contribution in [0.2, 0.25) is 0 Å². The molecule has 0 aliphatic heterocycles. The number of thiophene rings is 1. The zero-order valence-electron chi connectivity index (χ0n) is 27.0. The van der Waals surface area contributed by atoms with Crippen molar-refractivity contribution in [3.05, 3.63) is 151 Å². The number of anilines is 3. The van der Waals surface area contributed by atoms with Gasteiger partial charge in [-0.15, -0.1) is 11.3 Å². The van der Waals surface area contributed by atoms with Crippen LogP contribution in [0.1, 0.15) is 43.2 Å². The summed E-state index contributed by atoms with van der Waals surface area (Å²) in [5.74, 6) is 3.44. The third-order valence-corrected chi connectivity index (χ3v) is 13.8. The average Bonchev–Trinajstić information content (AvgIpc) is 3.66. The van der Waals surface area contributed by atoms with Crippen LogP contribution >= 0.6 is 11.3 Å². The summed E-state index contributed by atoms with van der Waals surface area (Å²) in [7, 11) is 0. The van der Waals surface area contributed by atoms with Gasteiger partial charge in [0.1, 0.15) is 0 Å². The Morgan fingerprint density at radius 3 is 1.96 bits per heavy atom. The first-order valence-corrected chi connectivity index (χ1v) is 18.7. The molecular formula is C46H37NS. The number of nitrogens with zero attached hydrogens (tertiary/aromatic N) is 1. The first kappa shape index (κ1) is 27.3. The number of hydrogen-bond donors (Lipinski definition) is 0. The van der Waals surface area contributed by atoms with Crippen LogP contribution in [0.4, 0.5) is 17.1 Å². The van der Waals surface area contributed by atoms with Gasteiger partial charge >= 0.3 is 0 Å². The maximum atomic E-state index is 2.56. The fourth-order valence-electron chi connectivity index (χ4n) is 11.1. The smallest absolute Gasteiger partial charge is 0.0554 e. The van der Waals surface area contributed by atoms with Crippen molar-refractivity contribution in [2.45, 2.75) is 37.5 Å². The monoisotopic (exact) mass is 635 g/mol. The predicted molar refractivity (Wildman–Crippen MR) is 203 cm³/mol. The Hall–Kier alpha value is -4.66. The zero-order valence-corrected chi connectivity index (χ0v) is 27.8. The summed E-state index contributed by atoms with van der Waals surface area (Å²) in [6.07, 6.45) is 7.13. The lowest BCUT2D eigenvalue weighted by Crippen LogP contribution is -2.55. The number of rotatable bonds is 4. The van der Waals surface area contributed by atoms with Crippen molar-refractivity contribution in [2.24, 2.45) is 23.7 Å². The van der Waals surface area contributed by atoms with Gasteiger partial charge in [-0.2, -0.15) is 0 Å². The van der Waals surface area contributed by atoms with Gasteiger partial charge in [0.15, 0.2) is 0 Å². The molecule has 1 aromatic heterocycles. The van der Waals surface area contributed by atoms with Crippen LogP contribution in [-0.2, 0) is 5.41 Å². The minimum atomic E-state index is 0.184. The Bertz CT molecular complexity index is 2340. The topological polar surface area (TPSA) is 3.24 Å². The molecule has 0 radical (unpaired) electrons.